The van der Waals surface area contributed by atoms with E-state index >= 15 is 0 Å². The molecular formula is C20H21FN4O3S. The Hall–Kier alpha value is -2.56. The molecule has 7 nitrogen and oxygen atoms in total. The Morgan fingerprint density at radius 3 is 2.34 bits per heavy atom. The summed E-state index contributed by atoms with van der Waals surface area (Å²) in [7, 11) is 0. The minimum atomic E-state index is -1.63. The largest absolute Gasteiger partial charge is 0.593 e. The molecule has 0 aliphatic carbocycles. The first-order chi connectivity index (χ1) is 14.0. The second kappa shape index (κ2) is 9.77. The third kappa shape index (κ3) is 4.89. The number of nitrogens with zero attached hydrogens (tertiary/aromatic N) is 3. The fraction of sp³-hybridized carbons (Fsp3) is 0.200. The van der Waals surface area contributed by atoms with Crippen LogP contribution >= 0.6 is 0 Å². The first kappa shape index (κ1) is 21.2. The van der Waals surface area contributed by atoms with Crippen molar-refractivity contribution in [3.05, 3.63) is 60.7 Å². The lowest BCUT2D eigenvalue weighted by Crippen LogP contribution is -2.36. The van der Waals surface area contributed by atoms with Crippen molar-refractivity contribution in [1.82, 2.24) is 14.3 Å². The summed E-state index contributed by atoms with van der Waals surface area (Å²) in [4.78, 5) is 8.49. The Morgan fingerprint density at radius 2 is 1.72 bits per heavy atom. The Kier molecular flexibility index (Phi) is 7.13. The number of aliphatic hydroxyl groups is 2. The van der Waals surface area contributed by atoms with Gasteiger partial charge in [-0.05, 0) is 29.8 Å². The van der Waals surface area contributed by atoms with Crippen LogP contribution in [0.15, 0.2) is 59.8 Å². The predicted molar refractivity (Wildman–Crippen MR) is 109 cm³/mol. The van der Waals surface area contributed by atoms with Gasteiger partial charge in [-0.1, -0.05) is 18.2 Å². The molecule has 0 aliphatic heterocycles. The number of hydrogen-bond acceptors (Lipinski definition) is 7. The fourth-order valence-electron chi connectivity index (χ4n) is 2.86. The van der Waals surface area contributed by atoms with Crippen molar-refractivity contribution in [3.8, 4) is 22.4 Å². The monoisotopic (exact) mass is 416 g/mol. The first-order valence-electron chi connectivity index (χ1n) is 8.90. The maximum absolute atomic E-state index is 14.8. The Bertz CT molecular complexity index is 953. The molecular weight excluding hydrogens is 395 g/mol. The van der Waals surface area contributed by atoms with Crippen LogP contribution in [0, 0.1) is 5.82 Å². The molecule has 0 saturated heterocycles. The number of aliphatic hydroxyl groups excluding tert-OH is 2. The molecule has 152 valence electrons. The zero-order valence-electron chi connectivity index (χ0n) is 15.5. The van der Waals surface area contributed by atoms with Gasteiger partial charge < -0.3 is 20.5 Å². The number of halogens is 1. The van der Waals surface area contributed by atoms with Crippen molar-refractivity contribution in [2.24, 2.45) is 0 Å². The van der Waals surface area contributed by atoms with E-state index in [-0.39, 0.29) is 37.7 Å². The number of nitrogen functional groups attached to an aromatic ring is 1. The van der Waals surface area contributed by atoms with Crippen LogP contribution in [-0.4, -0.2) is 55.3 Å². The van der Waals surface area contributed by atoms with Gasteiger partial charge in [0.25, 0.3) is 0 Å². The average Bonchev–Trinajstić information content (AvgIpc) is 2.74. The van der Waals surface area contributed by atoms with Gasteiger partial charge in [-0.3, -0.25) is 4.98 Å². The molecule has 3 rings (SSSR count). The van der Waals surface area contributed by atoms with E-state index in [9.17, 15) is 19.2 Å². The van der Waals surface area contributed by atoms with Crippen LogP contribution in [0.3, 0.4) is 0 Å². The predicted octanol–water partition coefficient (Wildman–Crippen LogP) is 1.84. The zero-order valence-corrected chi connectivity index (χ0v) is 16.3. The van der Waals surface area contributed by atoms with Crippen LogP contribution in [0.4, 0.5) is 10.2 Å². The average molecular weight is 416 g/mol. The molecule has 1 aromatic heterocycles. The summed E-state index contributed by atoms with van der Waals surface area (Å²) in [5.74, 6) is -0.248. The highest BCUT2D eigenvalue weighted by Crippen LogP contribution is 2.32. The molecule has 0 saturated carbocycles. The Labute approximate surface area is 171 Å². The van der Waals surface area contributed by atoms with Crippen LogP contribution in [-0.2, 0) is 11.4 Å². The van der Waals surface area contributed by atoms with Crippen molar-refractivity contribution in [2.75, 3.05) is 32.0 Å². The molecule has 2 aromatic carbocycles. The van der Waals surface area contributed by atoms with Crippen LogP contribution in [0.1, 0.15) is 0 Å². The smallest absolute Gasteiger partial charge is 0.181 e. The summed E-state index contributed by atoms with van der Waals surface area (Å²) in [5.41, 5.74) is 7.31. The lowest BCUT2D eigenvalue weighted by atomic mass is 10.0. The molecule has 1 atom stereocenters. The minimum Gasteiger partial charge on any atom is -0.593 e. The number of hydrogen-bond donors (Lipinski definition) is 3. The number of benzene rings is 2. The summed E-state index contributed by atoms with van der Waals surface area (Å²) in [5, 5.41) is 18.4. The van der Waals surface area contributed by atoms with E-state index in [0.29, 0.717) is 21.7 Å². The van der Waals surface area contributed by atoms with Gasteiger partial charge in [0.15, 0.2) is 4.90 Å². The minimum absolute atomic E-state index is 0.143. The molecule has 3 aromatic rings. The number of rotatable bonds is 8. The van der Waals surface area contributed by atoms with Crippen molar-refractivity contribution in [1.29, 1.82) is 0 Å². The first-order valence-corrected chi connectivity index (χ1v) is 10.0. The third-order valence-electron chi connectivity index (χ3n) is 4.24. The summed E-state index contributed by atoms with van der Waals surface area (Å²) in [6.07, 6.45) is 2.76. The highest BCUT2D eigenvalue weighted by atomic mass is 32.2. The van der Waals surface area contributed by atoms with Crippen molar-refractivity contribution in [2.45, 2.75) is 4.90 Å². The molecule has 0 bridgehead atoms. The Balaban J connectivity index is 1.97. The van der Waals surface area contributed by atoms with Crippen molar-refractivity contribution in [3.63, 3.8) is 0 Å². The van der Waals surface area contributed by atoms with E-state index in [1.165, 1.54) is 22.8 Å². The van der Waals surface area contributed by atoms with Gasteiger partial charge in [0.2, 0.25) is 0 Å². The van der Waals surface area contributed by atoms with E-state index in [0.717, 1.165) is 0 Å². The molecule has 1 unspecified atom stereocenters. The molecule has 9 heteroatoms. The van der Waals surface area contributed by atoms with Gasteiger partial charge in [0, 0.05) is 11.1 Å². The lowest BCUT2D eigenvalue weighted by Gasteiger charge is -2.24. The van der Waals surface area contributed by atoms with Gasteiger partial charge in [-0.2, -0.15) is 0 Å². The number of anilines is 1. The van der Waals surface area contributed by atoms with E-state index < -0.39 is 17.2 Å². The highest BCUT2D eigenvalue weighted by molar-refractivity contribution is 7.89. The molecule has 0 amide bonds. The SMILES string of the molecule is Nc1cnc(-c2ccc(-c3ccccc3[S+]([O-])N(CCO)CCO)cc2F)cn1. The van der Waals surface area contributed by atoms with E-state index in [1.54, 1.807) is 36.4 Å². The van der Waals surface area contributed by atoms with E-state index in [4.69, 9.17) is 5.73 Å². The normalized spacial score (nSPS) is 12.3. The van der Waals surface area contributed by atoms with Gasteiger partial charge in [0.1, 0.15) is 11.6 Å². The summed E-state index contributed by atoms with van der Waals surface area (Å²) >= 11 is -1.63. The molecule has 4 N–H and O–H groups in total. The van der Waals surface area contributed by atoms with Crippen molar-refractivity contribution < 1.29 is 19.2 Å². The molecule has 0 radical (unpaired) electrons. The van der Waals surface area contributed by atoms with Gasteiger partial charge in [-0.25, -0.2) is 9.37 Å². The van der Waals surface area contributed by atoms with E-state index in [1.807, 2.05) is 0 Å². The molecule has 0 aliphatic rings. The molecule has 29 heavy (non-hydrogen) atoms. The summed E-state index contributed by atoms with van der Waals surface area (Å²) in [6, 6.07) is 11.6. The fourth-order valence-corrected chi connectivity index (χ4v) is 4.21. The summed E-state index contributed by atoms with van der Waals surface area (Å²) in [6.45, 7) is -0.102. The molecule has 1 heterocycles. The maximum Gasteiger partial charge on any atom is 0.181 e. The topological polar surface area (TPSA) is 119 Å². The Morgan fingerprint density at radius 1 is 1.00 bits per heavy atom. The van der Waals surface area contributed by atoms with E-state index in [2.05, 4.69) is 9.97 Å². The van der Waals surface area contributed by atoms with Gasteiger partial charge in [0.05, 0.1) is 55.8 Å². The van der Waals surface area contributed by atoms with Gasteiger partial charge >= 0.3 is 0 Å². The highest BCUT2D eigenvalue weighted by Gasteiger charge is 2.25. The molecule has 0 fully saturated rings. The van der Waals surface area contributed by atoms with Crippen LogP contribution in [0.2, 0.25) is 0 Å². The number of aromatic nitrogens is 2. The standard InChI is InChI=1S/C20H21FN4O3S/c21-17-11-14(5-6-16(17)18-12-24-20(22)13-23-18)15-3-1-2-4-19(15)29(28)25(7-9-26)8-10-27/h1-6,11-13,26-27H,7-10H2,(H2,22,24). The maximum atomic E-state index is 14.8. The van der Waals surface area contributed by atoms with Gasteiger partial charge in [-0.15, -0.1) is 4.31 Å². The molecule has 0 spiro atoms. The lowest BCUT2D eigenvalue weighted by molar-refractivity contribution is 0.217. The van der Waals surface area contributed by atoms with Crippen molar-refractivity contribution >= 4 is 17.2 Å². The van der Waals surface area contributed by atoms with Crippen LogP contribution in [0.25, 0.3) is 22.4 Å². The van der Waals surface area contributed by atoms with Crippen LogP contribution in [0.5, 0.6) is 0 Å². The van der Waals surface area contributed by atoms with Crippen LogP contribution < -0.4 is 5.73 Å². The zero-order chi connectivity index (χ0) is 20.8. The number of nitrogens with two attached hydrogens (primary N) is 1. The third-order valence-corrected chi connectivity index (χ3v) is 5.80. The second-order valence-corrected chi connectivity index (χ2v) is 7.60. The quantitative estimate of drug-likeness (QED) is 0.480. The second-order valence-electron chi connectivity index (χ2n) is 6.14. The summed E-state index contributed by atoms with van der Waals surface area (Å²) < 4.78 is 29.3.